The molecule has 0 radical (unpaired) electrons. The molecular weight excluding hydrogens is 453 g/mol. The van der Waals surface area contributed by atoms with Crippen LogP contribution in [0.3, 0.4) is 0 Å². The predicted molar refractivity (Wildman–Crippen MR) is 109 cm³/mol. The van der Waals surface area contributed by atoms with Gasteiger partial charge in [-0.25, -0.2) is 9.18 Å². The van der Waals surface area contributed by atoms with E-state index in [1.807, 2.05) is 0 Å². The Labute approximate surface area is 185 Å². The summed E-state index contributed by atoms with van der Waals surface area (Å²) in [4.78, 5) is 38.7. The number of alkyl halides is 2. The number of nitrogens with zero attached hydrogens (tertiary/aromatic N) is 2. The van der Waals surface area contributed by atoms with Gasteiger partial charge in [0.15, 0.2) is 0 Å². The van der Waals surface area contributed by atoms with Gasteiger partial charge in [-0.3, -0.25) is 25.3 Å². The molecule has 0 aromatic heterocycles. The molecule has 1 aliphatic rings. The van der Waals surface area contributed by atoms with Gasteiger partial charge >= 0.3 is 18.4 Å². The van der Waals surface area contributed by atoms with Gasteiger partial charge in [0, 0.05) is 23.7 Å². The first kappa shape index (κ1) is 23.4. The molecule has 4 amide bonds. The Balaban J connectivity index is 1.90. The number of halogens is 4. The number of hydrogen-bond donors (Lipinski definition) is 2. The Morgan fingerprint density at radius 3 is 2.41 bits per heavy atom. The minimum absolute atomic E-state index is 0.156. The van der Waals surface area contributed by atoms with E-state index in [4.69, 9.17) is 16.3 Å². The van der Waals surface area contributed by atoms with Crippen molar-refractivity contribution in [1.29, 1.82) is 0 Å². The number of carbonyl (C=O) groups excluding carboxylic acids is 3. The number of anilines is 2. The Morgan fingerprint density at radius 1 is 1.06 bits per heavy atom. The van der Waals surface area contributed by atoms with Crippen molar-refractivity contribution in [3.8, 4) is 0 Å². The zero-order chi connectivity index (χ0) is 23.3. The molecule has 12 heteroatoms. The van der Waals surface area contributed by atoms with Gasteiger partial charge in [0.1, 0.15) is 5.82 Å². The third-order valence-electron chi connectivity index (χ3n) is 4.49. The molecule has 0 unspecified atom stereocenters. The summed E-state index contributed by atoms with van der Waals surface area (Å²) in [5.74, 6) is -3.66. The molecule has 1 heterocycles. The van der Waals surface area contributed by atoms with Crippen molar-refractivity contribution in [3.63, 3.8) is 0 Å². The molecule has 2 aromatic carbocycles. The summed E-state index contributed by atoms with van der Waals surface area (Å²) < 4.78 is 44.7. The molecule has 1 saturated heterocycles. The minimum atomic E-state index is -3.33. The Morgan fingerprint density at radius 2 is 1.78 bits per heavy atom. The molecule has 8 nitrogen and oxygen atoms in total. The van der Waals surface area contributed by atoms with Crippen LogP contribution in [0.15, 0.2) is 42.5 Å². The zero-order valence-corrected chi connectivity index (χ0v) is 17.2. The van der Waals surface area contributed by atoms with E-state index in [-0.39, 0.29) is 11.3 Å². The number of hydrazine groups is 1. The summed E-state index contributed by atoms with van der Waals surface area (Å²) in [6.45, 7) is 1.28. The maximum absolute atomic E-state index is 15.0. The zero-order valence-electron chi connectivity index (χ0n) is 16.5. The maximum atomic E-state index is 15.0. The van der Waals surface area contributed by atoms with E-state index in [0.29, 0.717) is 37.0 Å². The van der Waals surface area contributed by atoms with Crippen LogP contribution in [0.25, 0.3) is 0 Å². The molecule has 32 heavy (non-hydrogen) atoms. The van der Waals surface area contributed by atoms with E-state index in [1.165, 1.54) is 28.5 Å². The highest BCUT2D eigenvalue weighted by atomic mass is 35.5. The normalized spacial score (nSPS) is 13.6. The topological polar surface area (TPSA) is 91.0 Å². The van der Waals surface area contributed by atoms with Crippen LogP contribution in [0.5, 0.6) is 0 Å². The molecule has 0 spiro atoms. The van der Waals surface area contributed by atoms with Gasteiger partial charge in [-0.1, -0.05) is 17.7 Å². The third kappa shape index (κ3) is 5.48. The van der Waals surface area contributed by atoms with Gasteiger partial charge in [-0.2, -0.15) is 8.78 Å². The largest absolute Gasteiger partial charge is 0.378 e. The summed E-state index contributed by atoms with van der Waals surface area (Å²) in [7, 11) is 0. The summed E-state index contributed by atoms with van der Waals surface area (Å²) in [6.07, 6.45) is -3.33. The number of rotatable bonds is 4. The summed E-state index contributed by atoms with van der Waals surface area (Å²) in [6, 6.07) is 8.94. The second kappa shape index (κ2) is 10.3. The van der Waals surface area contributed by atoms with E-state index in [1.54, 1.807) is 23.6 Å². The van der Waals surface area contributed by atoms with Crippen molar-refractivity contribution in [2.75, 3.05) is 31.2 Å². The highest BCUT2D eigenvalue weighted by Gasteiger charge is 2.28. The van der Waals surface area contributed by atoms with Crippen molar-refractivity contribution in [1.82, 2.24) is 15.8 Å². The predicted octanol–water partition coefficient (Wildman–Crippen LogP) is 3.10. The first-order chi connectivity index (χ1) is 15.3. The molecule has 0 atom stereocenters. The van der Waals surface area contributed by atoms with Crippen molar-refractivity contribution in [2.45, 2.75) is 6.43 Å². The van der Waals surface area contributed by atoms with E-state index in [2.05, 4.69) is 0 Å². The first-order valence-electron chi connectivity index (χ1n) is 9.38. The van der Waals surface area contributed by atoms with Gasteiger partial charge < -0.3 is 9.64 Å². The summed E-state index contributed by atoms with van der Waals surface area (Å²) in [5.41, 5.74) is 3.17. The molecule has 1 fully saturated rings. The van der Waals surface area contributed by atoms with Crippen molar-refractivity contribution < 1.29 is 32.3 Å². The fraction of sp³-hybridized carbons (Fsp3) is 0.250. The Kier molecular flexibility index (Phi) is 7.54. The maximum Gasteiger partial charge on any atom is 0.329 e. The van der Waals surface area contributed by atoms with Crippen LogP contribution in [-0.4, -0.2) is 55.5 Å². The van der Waals surface area contributed by atoms with Crippen molar-refractivity contribution in [3.05, 3.63) is 58.9 Å². The first-order valence-corrected chi connectivity index (χ1v) is 9.76. The number of nitrogens with one attached hydrogen (secondary N) is 2. The van der Waals surface area contributed by atoms with Crippen molar-refractivity contribution in [2.24, 2.45) is 0 Å². The quantitative estimate of drug-likeness (QED) is 0.672. The van der Waals surface area contributed by atoms with E-state index in [0.717, 1.165) is 11.0 Å². The minimum Gasteiger partial charge on any atom is -0.378 e. The van der Waals surface area contributed by atoms with E-state index >= 15 is 4.39 Å². The Hall–Kier alpha value is -3.31. The Bertz CT molecular complexity index is 1020. The average Bonchev–Trinajstić information content (AvgIpc) is 2.78. The summed E-state index contributed by atoms with van der Waals surface area (Å²) >= 11 is 6.05. The van der Waals surface area contributed by atoms with Crippen LogP contribution in [0, 0.1) is 5.82 Å². The number of morpholine rings is 1. The molecule has 2 aromatic rings. The lowest BCUT2D eigenvalue weighted by molar-refractivity contribution is -0.132. The highest BCUT2D eigenvalue weighted by molar-refractivity contribution is 6.31. The number of amides is 4. The lowest BCUT2D eigenvalue weighted by atomic mass is 10.1. The molecule has 3 rings (SSSR count). The SMILES string of the molecule is O=C(NNC(=O)C(F)F)c1ccc(N(C(=O)N2CCOCC2)c2cccc(Cl)c2)c(F)c1. The van der Waals surface area contributed by atoms with Crippen LogP contribution in [0.4, 0.5) is 29.3 Å². The average molecular weight is 471 g/mol. The van der Waals surface area contributed by atoms with Gasteiger partial charge in [0.05, 0.1) is 24.6 Å². The van der Waals surface area contributed by atoms with Gasteiger partial charge in [0.2, 0.25) is 0 Å². The van der Waals surface area contributed by atoms with Crippen LogP contribution in [0.2, 0.25) is 5.02 Å². The molecule has 0 saturated carbocycles. The number of benzene rings is 2. The second-order valence-electron chi connectivity index (χ2n) is 6.61. The van der Waals surface area contributed by atoms with Gasteiger partial charge in [-0.05, 0) is 36.4 Å². The smallest absolute Gasteiger partial charge is 0.329 e. The lowest BCUT2D eigenvalue weighted by Crippen LogP contribution is -2.47. The fourth-order valence-corrected chi connectivity index (χ4v) is 3.12. The number of ether oxygens (including phenoxy) is 1. The van der Waals surface area contributed by atoms with E-state index < -0.39 is 30.1 Å². The van der Waals surface area contributed by atoms with Gasteiger partial charge in [0.25, 0.3) is 5.91 Å². The summed E-state index contributed by atoms with van der Waals surface area (Å²) in [5, 5.41) is 0.327. The molecule has 170 valence electrons. The molecule has 0 bridgehead atoms. The van der Waals surface area contributed by atoms with Gasteiger partial charge in [-0.15, -0.1) is 0 Å². The molecule has 0 aliphatic carbocycles. The molecule has 1 aliphatic heterocycles. The molecule has 2 N–H and O–H groups in total. The monoisotopic (exact) mass is 470 g/mol. The lowest BCUT2D eigenvalue weighted by Gasteiger charge is -2.33. The van der Waals surface area contributed by atoms with Crippen LogP contribution in [0.1, 0.15) is 10.4 Å². The van der Waals surface area contributed by atoms with Crippen molar-refractivity contribution >= 4 is 40.8 Å². The van der Waals surface area contributed by atoms with E-state index in [9.17, 15) is 23.2 Å². The number of hydrogen-bond acceptors (Lipinski definition) is 4. The standard InChI is InChI=1S/C20H18ClF3N4O4/c21-13-2-1-3-14(11-13)28(20(31)27-6-8-32-9-7-27)16-5-4-12(10-15(16)22)18(29)25-26-19(30)17(23)24/h1-5,10-11,17H,6-9H2,(H,25,29)(H,26,30). The van der Waals surface area contributed by atoms with Crippen LogP contribution >= 0.6 is 11.6 Å². The second-order valence-corrected chi connectivity index (χ2v) is 7.04. The number of carbonyl (C=O) groups is 3. The fourth-order valence-electron chi connectivity index (χ4n) is 2.94. The van der Waals surface area contributed by atoms with Crippen LogP contribution < -0.4 is 15.8 Å². The highest BCUT2D eigenvalue weighted by Crippen LogP contribution is 2.31. The number of urea groups is 1. The van der Waals surface area contributed by atoms with Crippen LogP contribution in [-0.2, 0) is 9.53 Å². The molecular formula is C20H18ClF3N4O4. The third-order valence-corrected chi connectivity index (χ3v) is 4.72.